The summed E-state index contributed by atoms with van der Waals surface area (Å²) in [5.41, 5.74) is 0.685. The summed E-state index contributed by atoms with van der Waals surface area (Å²) in [4.78, 5) is 10.5. The van der Waals surface area contributed by atoms with Crippen molar-refractivity contribution < 1.29 is 9.53 Å². The number of carbonyl (C=O) groups is 1. The lowest BCUT2D eigenvalue weighted by atomic mass is 10.2. The third kappa shape index (κ3) is 2.09. The molecule has 0 aliphatic rings. The van der Waals surface area contributed by atoms with E-state index in [1.54, 1.807) is 19.2 Å². The van der Waals surface area contributed by atoms with Crippen LogP contribution in [-0.4, -0.2) is 13.4 Å². The van der Waals surface area contributed by atoms with Crippen LogP contribution in [0.3, 0.4) is 0 Å². The number of hydrogen-bond donors (Lipinski definition) is 0. The third-order valence-corrected chi connectivity index (χ3v) is 2.96. The zero-order chi connectivity index (χ0) is 9.14. The number of hydrogen-bond acceptors (Lipinski definition) is 2. The van der Waals surface area contributed by atoms with E-state index in [1.165, 1.54) is 0 Å². The Morgan fingerprint density at radius 2 is 1.83 bits per heavy atom. The van der Waals surface area contributed by atoms with Gasteiger partial charge in [0, 0.05) is 5.56 Å². The lowest BCUT2D eigenvalue weighted by Gasteiger charge is -2.05. The first-order valence-corrected chi connectivity index (χ1v) is 5.33. The predicted molar refractivity (Wildman–Crippen MR) is 63.8 cm³/mol. The molecule has 1 aromatic carbocycles. The van der Waals surface area contributed by atoms with Crippen LogP contribution in [0.5, 0.6) is 5.75 Å². The summed E-state index contributed by atoms with van der Waals surface area (Å²) in [6.07, 6.45) is 0.837. The molecule has 64 valence electrons. The summed E-state index contributed by atoms with van der Waals surface area (Å²) >= 11 is 4.29. The van der Waals surface area contributed by atoms with Crippen LogP contribution < -0.4 is 4.74 Å². The molecule has 0 atom stereocenters. The van der Waals surface area contributed by atoms with E-state index < -0.39 is 0 Å². The van der Waals surface area contributed by atoms with Gasteiger partial charge in [-0.2, -0.15) is 0 Å². The molecule has 1 aromatic rings. The highest BCUT2D eigenvalue weighted by Gasteiger charge is 2.06. The molecular formula is C8H6I2O2. The highest BCUT2D eigenvalue weighted by molar-refractivity contribution is 14.1. The van der Waals surface area contributed by atoms with Gasteiger partial charge >= 0.3 is 0 Å². The van der Waals surface area contributed by atoms with Gasteiger partial charge in [0.15, 0.2) is 0 Å². The summed E-state index contributed by atoms with van der Waals surface area (Å²) in [5.74, 6) is 0.835. The van der Waals surface area contributed by atoms with E-state index in [4.69, 9.17) is 4.74 Å². The van der Waals surface area contributed by atoms with Crippen LogP contribution in [-0.2, 0) is 0 Å². The molecule has 0 saturated heterocycles. The van der Waals surface area contributed by atoms with E-state index in [1.807, 2.05) is 0 Å². The highest BCUT2D eigenvalue weighted by atomic mass is 127. The van der Waals surface area contributed by atoms with Crippen molar-refractivity contribution in [3.05, 3.63) is 24.8 Å². The van der Waals surface area contributed by atoms with Gasteiger partial charge in [0.2, 0.25) is 0 Å². The Bertz CT molecular complexity index is 287. The molecule has 12 heavy (non-hydrogen) atoms. The number of ether oxygens (including phenoxy) is 1. The highest BCUT2D eigenvalue weighted by Crippen LogP contribution is 2.27. The molecule has 0 heterocycles. The first kappa shape index (κ1) is 10.2. The van der Waals surface area contributed by atoms with Crippen LogP contribution in [0.2, 0.25) is 0 Å². The fraction of sp³-hybridized carbons (Fsp3) is 0.125. The summed E-state index contributed by atoms with van der Waals surface area (Å²) in [6.45, 7) is 0. The molecular weight excluding hydrogens is 382 g/mol. The first-order valence-electron chi connectivity index (χ1n) is 3.17. The monoisotopic (exact) mass is 388 g/mol. The summed E-state index contributed by atoms with van der Waals surface area (Å²) in [5, 5.41) is 0. The number of aldehydes is 1. The molecule has 0 aromatic heterocycles. The van der Waals surface area contributed by atoms with Gasteiger partial charge < -0.3 is 4.74 Å². The van der Waals surface area contributed by atoms with E-state index in [9.17, 15) is 4.79 Å². The van der Waals surface area contributed by atoms with Crippen molar-refractivity contribution >= 4 is 51.5 Å². The minimum absolute atomic E-state index is 0.685. The number of methoxy groups -OCH3 is 1. The molecule has 0 saturated carbocycles. The quantitative estimate of drug-likeness (QED) is 0.576. The van der Waals surface area contributed by atoms with Crippen LogP contribution in [0.25, 0.3) is 0 Å². The van der Waals surface area contributed by atoms with Crippen LogP contribution in [0.4, 0.5) is 0 Å². The molecule has 1 rings (SSSR count). The smallest absolute Gasteiger partial charge is 0.150 e. The average molecular weight is 388 g/mol. The van der Waals surface area contributed by atoms with E-state index in [0.29, 0.717) is 5.56 Å². The lowest BCUT2D eigenvalue weighted by molar-refractivity contribution is 0.112. The predicted octanol–water partition coefficient (Wildman–Crippen LogP) is 2.72. The molecule has 0 radical (unpaired) electrons. The van der Waals surface area contributed by atoms with E-state index >= 15 is 0 Å². The van der Waals surface area contributed by atoms with Crippen molar-refractivity contribution in [3.8, 4) is 5.75 Å². The second kappa shape index (κ2) is 4.40. The van der Waals surface area contributed by atoms with Crippen molar-refractivity contribution in [3.63, 3.8) is 0 Å². The Morgan fingerprint density at radius 1 is 1.33 bits per heavy atom. The van der Waals surface area contributed by atoms with Crippen molar-refractivity contribution in [2.24, 2.45) is 0 Å². The molecule has 0 amide bonds. The number of benzene rings is 1. The van der Waals surface area contributed by atoms with Gasteiger partial charge in [-0.25, -0.2) is 0 Å². The van der Waals surface area contributed by atoms with E-state index in [0.717, 1.165) is 19.2 Å². The van der Waals surface area contributed by atoms with Crippen LogP contribution in [0.1, 0.15) is 10.4 Å². The molecule has 4 heteroatoms. The number of carbonyl (C=O) groups excluding carboxylic acids is 1. The second-order valence-electron chi connectivity index (χ2n) is 2.14. The molecule has 0 aliphatic heterocycles. The van der Waals surface area contributed by atoms with Crippen molar-refractivity contribution in [2.75, 3.05) is 7.11 Å². The van der Waals surface area contributed by atoms with Gasteiger partial charge in [-0.1, -0.05) is 0 Å². The maximum absolute atomic E-state index is 10.5. The zero-order valence-corrected chi connectivity index (χ0v) is 10.6. The van der Waals surface area contributed by atoms with Gasteiger partial charge in [-0.05, 0) is 57.3 Å². The topological polar surface area (TPSA) is 26.3 Å². The fourth-order valence-corrected chi connectivity index (χ4v) is 3.10. The van der Waals surface area contributed by atoms with Gasteiger partial charge in [0.1, 0.15) is 12.0 Å². The summed E-state index contributed by atoms with van der Waals surface area (Å²) in [7, 11) is 1.63. The fourth-order valence-electron chi connectivity index (χ4n) is 0.843. The van der Waals surface area contributed by atoms with Crippen molar-refractivity contribution in [1.29, 1.82) is 0 Å². The molecule has 0 unspecified atom stereocenters. The first-order chi connectivity index (χ1) is 5.69. The van der Waals surface area contributed by atoms with Crippen LogP contribution in [0.15, 0.2) is 12.1 Å². The van der Waals surface area contributed by atoms with Crippen molar-refractivity contribution in [1.82, 2.24) is 0 Å². The SMILES string of the molecule is COc1c(I)cc(C=O)cc1I. The Kier molecular flexibility index (Phi) is 3.76. The van der Waals surface area contributed by atoms with E-state index in [2.05, 4.69) is 45.2 Å². The Labute approximate surface area is 98.0 Å². The third-order valence-electron chi connectivity index (χ3n) is 1.36. The summed E-state index contributed by atoms with van der Waals surface area (Å²) in [6, 6.07) is 3.60. The minimum atomic E-state index is 0.685. The molecule has 2 nitrogen and oxygen atoms in total. The minimum Gasteiger partial charge on any atom is -0.495 e. The van der Waals surface area contributed by atoms with Gasteiger partial charge in [0.25, 0.3) is 0 Å². The molecule has 0 spiro atoms. The van der Waals surface area contributed by atoms with E-state index in [-0.39, 0.29) is 0 Å². The second-order valence-corrected chi connectivity index (χ2v) is 4.46. The lowest BCUT2D eigenvalue weighted by Crippen LogP contribution is -1.92. The van der Waals surface area contributed by atoms with Crippen LogP contribution in [0, 0.1) is 7.14 Å². The Balaban J connectivity index is 3.27. The maximum atomic E-state index is 10.5. The number of halogens is 2. The molecule has 0 bridgehead atoms. The van der Waals surface area contributed by atoms with Gasteiger partial charge in [-0.15, -0.1) is 0 Å². The zero-order valence-electron chi connectivity index (χ0n) is 6.30. The Hall–Kier alpha value is 0.150. The molecule has 0 N–H and O–H groups in total. The molecule has 0 aliphatic carbocycles. The van der Waals surface area contributed by atoms with Crippen LogP contribution >= 0.6 is 45.2 Å². The number of rotatable bonds is 2. The molecule has 0 fully saturated rings. The Morgan fingerprint density at radius 3 is 2.17 bits per heavy atom. The maximum Gasteiger partial charge on any atom is 0.150 e. The standard InChI is InChI=1S/C8H6I2O2/c1-12-8-6(9)2-5(4-11)3-7(8)10/h2-4H,1H3. The van der Waals surface area contributed by atoms with Gasteiger partial charge in [-0.3, -0.25) is 4.79 Å². The summed E-state index contributed by atoms with van der Waals surface area (Å²) < 4.78 is 7.07. The average Bonchev–Trinajstić information content (AvgIpc) is 2.03. The van der Waals surface area contributed by atoms with Crippen molar-refractivity contribution in [2.45, 2.75) is 0 Å². The normalized spacial score (nSPS) is 9.58. The van der Waals surface area contributed by atoms with Gasteiger partial charge in [0.05, 0.1) is 14.3 Å². The largest absolute Gasteiger partial charge is 0.495 e.